The van der Waals surface area contributed by atoms with Crippen LogP contribution >= 0.6 is 0 Å². The molecule has 2 atom stereocenters. The molecule has 1 aromatic rings. The summed E-state index contributed by atoms with van der Waals surface area (Å²) in [6, 6.07) is 7.92. The van der Waals surface area contributed by atoms with Crippen LogP contribution in [0.5, 0.6) is 5.75 Å². The van der Waals surface area contributed by atoms with Gasteiger partial charge >= 0.3 is 6.03 Å². The molecule has 2 amide bonds. The van der Waals surface area contributed by atoms with E-state index in [0.717, 1.165) is 43.9 Å². The fraction of sp³-hybridized carbons (Fsp3) is 0.588. The molecule has 0 saturated carbocycles. The molecule has 2 aliphatic rings. The fourth-order valence-electron chi connectivity index (χ4n) is 3.71. The highest BCUT2D eigenvalue weighted by atomic mass is 16.5. The van der Waals surface area contributed by atoms with Crippen LogP contribution in [0.1, 0.15) is 19.3 Å². The fourth-order valence-corrected chi connectivity index (χ4v) is 3.71. The monoisotopic (exact) mass is 303 g/mol. The number of nitrogens with one attached hydrogen (secondary N) is 1. The number of hydrogen-bond acceptors (Lipinski definition) is 3. The maximum absolute atomic E-state index is 12.6. The Hall–Kier alpha value is -1.75. The van der Waals surface area contributed by atoms with Gasteiger partial charge in [-0.15, -0.1) is 0 Å². The van der Waals surface area contributed by atoms with Crippen molar-refractivity contribution in [2.45, 2.75) is 25.3 Å². The number of urea groups is 1. The van der Waals surface area contributed by atoms with E-state index in [2.05, 4.69) is 17.3 Å². The molecule has 0 bridgehead atoms. The number of benzene rings is 1. The van der Waals surface area contributed by atoms with Crippen LogP contribution in [-0.4, -0.2) is 55.7 Å². The molecule has 1 N–H and O–H groups in total. The van der Waals surface area contributed by atoms with Crippen LogP contribution in [-0.2, 0) is 0 Å². The second-order valence-electron chi connectivity index (χ2n) is 6.37. The molecule has 5 heteroatoms. The molecule has 0 aliphatic carbocycles. The SMILES string of the molecule is COc1ccc(NC(=O)N2CCC[C@@H]3CN(C)CC[C@@H]32)cc1. The number of carbonyl (C=O) groups is 1. The van der Waals surface area contributed by atoms with Crippen LogP contribution in [0, 0.1) is 5.92 Å². The van der Waals surface area contributed by atoms with Gasteiger partial charge in [-0.25, -0.2) is 4.79 Å². The summed E-state index contributed by atoms with van der Waals surface area (Å²) in [6.45, 7) is 3.05. The Morgan fingerprint density at radius 2 is 2.00 bits per heavy atom. The Bertz CT molecular complexity index is 517. The number of amides is 2. The Morgan fingerprint density at radius 1 is 1.23 bits per heavy atom. The maximum Gasteiger partial charge on any atom is 0.322 e. The average Bonchev–Trinajstić information content (AvgIpc) is 2.54. The lowest BCUT2D eigenvalue weighted by Crippen LogP contribution is -2.56. The summed E-state index contributed by atoms with van der Waals surface area (Å²) in [5, 5.41) is 3.03. The summed E-state index contributed by atoms with van der Waals surface area (Å²) in [4.78, 5) is 17.1. The van der Waals surface area contributed by atoms with Crippen molar-refractivity contribution < 1.29 is 9.53 Å². The van der Waals surface area contributed by atoms with E-state index in [1.165, 1.54) is 6.42 Å². The number of ether oxygens (including phenoxy) is 1. The van der Waals surface area contributed by atoms with Crippen LogP contribution in [0.15, 0.2) is 24.3 Å². The molecule has 5 nitrogen and oxygen atoms in total. The van der Waals surface area contributed by atoms with Gasteiger partial charge in [0.2, 0.25) is 0 Å². The highest BCUT2D eigenvalue weighted by molar-refractivity contribution is 5.89. The van der Waals surface area contributed by atoms with Crippen molar-refractivity contribution in [1.29, 1.82) is 0 Å². The smallest absolute Gasteiger partial charge is 0.322 e. The molecule has 3 rings (SSSR count). The molecular formula is C17H25N3O2. The standard InChI is InChI=1S/C17H25N3O2/c1-19-11-9-16-13(12-19)4-3-10-20(16)17(21)18-14-5-7-15(22-2)8-6-14/h5-8,13,16H,3-4,9-12H2,1-2H3,(H,18,21)/t13-,16+/m1/s1. The topological polar surface area (TPSA) is 44.8 Å². The van der Waals surface area contributed by atoms with E-state index in [4.69, 9.17) is 4.74 Å². The van der Waals surface area contributed by atoms with Gasteiger partial charge < -0.3 is 19.9 Å². The van der Waals surface area contributed by atoms with Gasteiger partial charge in [0.15, 0.2) is 0 Å². The molecule has 1 aromatic carbocycles. The summed E-state index contributed by atoms with van der Waals surface area (Å²) >= 11 is 0. The Kier molecular flexibility index (Phi) is 4.52. The zero-order chi connectivity index (χ0) is 15.5. The highest BCUT2D eigenvalue weighted by Gasteiger charge is 2.37. The molecule has 0 unspecified atom stereocenters. The summed E-state index contributed by atoms with van der Waals surface area (Å²) in [6.07, 6.45) is 3.42. The minimum absolute atomic E-state index is 0.0319. The van der Waals surface area contributed by atoms with Crippen molar-refractivity contribution in [2.75, 3.05) is 39.1 Å². The zero-order valence-electron chi connectivity index (χ0n) is 13.4. The lowest BCUT2D eigenvalue weighted by Gasteiger charge is -2.46. The van der Waals surface area contributed by atoms with Crippen LogP contribution in [0.3, 0.4) is 0 Å². The molecule has 2 heterocycles. The summed E-state index contributed by atoms with van der Waals surface area (Å²) in [5.41, 5.74) is 0.820. The third-order valence-corrected chi connectivity index (χ3v) is 4.87. The van der Waals surface area contributed by atoms with Gasteiger partial charge in [0.1, 0.15) is 5.75 Å². The number of carbonyl (C=O) groups excluding carboxylic acids is 1. The van der Waals surface area contributed by atoms with Crippen molar-refractivity contribution in [1.82, 2.24) is 9.80 Å². The maximum atomic E-state index is 12.6. The number of piperidine rings is 2. The first-order valence-corrected chi connectivity index (χ1v) is 8.07. The minimum atomic E-state index is 0.0319. The normalized spacial score (nSPS) is 25.5. The summed E-state index contributed by atoms with van der Waals surface area (Å²) in [5.74, 6) is 1.42. The molecule has 0 aromatic heterocycles. The van der Waals surface area contributed by atoms with Gasteiger partial charge in [-0.05, 0) is 63.0 Å². The number of nitrogens with zero attached hydrogens (tertiary/aromatic N) is 2. The van der Waals surface area contributed by atoms with Crippen LogP contribution in [0.2, 0.25) is 0 Å². The number of rotatable bonds is 2. The number of anilines is 1. The predicted molar refractivity (Wildman–Crippen MR) is 87.3 cm³/mol. The molecular weight excluding hydrogens is 278 g/mol. The number of methoxy groups -OCH3 is 1. The van der Waals surface area contributed by atoms with Gasteiger partial charge in [-0.1, -0.05) is 0 Å². The van der Waals surface area contributed by atoms with E-state index in [-0.39, 0.29) is 6.03 Å². The lowest BCUT2D eigenvalue weighted by molar-refractivity contribution is 0.0579. The third-order valence-electron chi connectivity index (χ3n) is 4.87. The molecule has 0 radical (unpaired) electrons. The predicted octanol–water partition coefficient (Wildman–Crippen LogP) is 2.64. The molecule has 2 aliphatic heterocycles. The summed E-state index contributed by atoms with van der Waals surface area (Å²) < 4.78 is 5.14. The average molecular weight is 303 g/mol. The quantitative estimate of drug-likeness (QED) is 0.913. The third kappa shape index (κ3) is 3.19. The minimum Gasteiger partial charge on any atom is -0.497 e. The first-order valence-electron chi connectivity index (χ1n) is 8.07. The summed E-state index contributed by atoms with van der Waals surface area (Å²) in [7, 11) is 3.81. The Morgan fingerprint density at radius 3 is 2.73 bits per heavy atom. The van der Waals surface area contributed by atoms with Crippen LogP contribution in [0.25, 0.3) is 0 Å². The van der Waals surface area contributed by atoms with E-state index in [1.807, 2.05) is 29.2 Å². The second-order valence-corrected chi connectivity index (χ2v) is 6.37. The van der Waals surface area contributed by atoms with Gasteiger partial charge in [0.05, 0.1) is 7.11 Å². The van der Waals surface area contributed by atoms with E-state index in [0.29, 0.717) is 12.0 Å². The van der Waals surface area contributed by atoms with Gasteiger partial charge in [-0.2, -0.15) is 0 Å². The lowest BCUT2D eigenvalue weighted by atomic mass is 9.84. The van der Waals surface area contributed by atoms with Gasteiger partial charge in [0, 0.05) is 24.8 Å². The van der Waals surface area contributed by atoms with Crippen molar-refractivity contribution in [3.8, 4) is 5.75 Å². The van der Waals surface area contributed by atoms with E-state index in [9.17, 15) is 4.79 Å². The van der Waals surface area contributed by atoms with Gasteiger partial charge in [0.25, 0.3) is 0 Å². The molecule has 2 fully saturated rings. The number of fused-ring (bicyclic) bond motifs is 1. The Labute approximate surface area is 132 Å². The zero-order valence-corrected chi connectivity index (χ0v) is 13.4. The largest absolute Gasteiger partial charge is 0.497 e. The van der Waals surface area contributed by atoms with E-state index >= 15 is 0 Å². The van der Waals surface area contributed by atoms with Crippen molar-refractivity contribution in [3.05, 3.63) is 24.3 Å². The first-order chi connectivity index (χ1) is 10.7. The molecule has 22 heavy (non-hydrogen) atoms. The second kappa shape index (κ2) is 6.57. The van der Waals surface area contributed by atoms with Gasteiger partial charge in [-0.3, -0.25) is 0 Å². The van der Waals surface area contributed by atoms with E-state index < -0.39 is 0 Å². The number of likely N-dealkylation sites (tertiary alicyclic amines) is 2. The van der Waals surface area contributed by atoms with Crippen LogP contribution in [0.4, 0.5) is 10.5 Å². The molecule has 120 valence electrons. The van der Waals surface area contributed by atoms with Crippen molar-refractivity contribution in [2.24, 2.45) is 5.92 Å². The van der Waals surface area contributed by atoms with Crippen molar-refractivity contribution >= 4 is 11.7 Å². The van der Waals surface area contributed by atoms with Crippen LogP contribution < -0.4 is 10.1 Å². The Balaban J connectivity index is 1.65. The van der Waals surface area contributed by atoms with E-state index in [1.54, 1.807) is 7.11 Å². The highest BCUT2D eigenvalue weighted by Crippen LogP contribution is 2.30. The number of hydrogen-bond donors (Lipinski definition) is 1. The van der Waals surface area contributed by atoms with Crippen molar-refractivity contribution in [3.63, 3.8) is 0 Å². The molecule has 0 spiro atoms. The molecule has 2 saturated heterocycles. The first kappa shape index (κ1) is 15.2.